The van der Waals surface area contributed by atoms with Crippen molar-refractivity contribution in [1.29, 1.82) is 0 Å². The topological polar surface area (TPSA) is 38.0 Å². The zero-order valence-corrected chi connectivity index (χ0v) is 10.3. The van der Waals surface area contributed by atoms with Gasteiger partial charge in [0.1, 0.15) is 0 Å². The number of benzene rings is 1. The van der Waals surface area contributed by atoms with Crippen molar-refractivity contribution in [2.75, 3.05) is 0 Å². The van der Waals surface area contributed by atoms with Crippen molar-refractivity contribution in [2.45, 2.75) is 32.0 Å². The van der Waals surface area contributed by atoms with Crippen LogP contribution in [0.15, 0.2) is 47.6 Å². The lowest BCUT2D eigenvalue weighted by atomic mass is 9.78. The van der Waals surface area contributed by atoms with E-state index in [1.165, 1.54) is 22.3 Å². The Morgan fingerprint density at radius 1 is 1.00 bits per heavy atom. The summed E-state index contributed by atoms with van der Waals surface area (Å²) in [6.07, 6.45) is 4.61. The van der Waals surface area contributed by atoms with Gasteiger partial charge in [-0.05, 0) is 25.0 Å². The number of nitrogens with two attached hydrogens (primary N) is 1. The first-order chi connectivity index (χ1) is 8.16. The quantitative estimate of drug-likeness (QED) is 0.713. The molecule has 1 heterocycles. The van der Waals surface area contributed by atoms with Gasteiger partial charge in [0.15, 0.2) is 0 Å². The predicted octanol–water partition coefficient (Wildman–Crippen LogP) is 2.61. The average Bonchev–Trinajstić information content (AvgIpc) is 2.32. The highest BCUT2D eigenvalue weighted by Crippen LogP contribution is 2.37. The first-order valence-electron chi connectivity index (χ1n) is 6.14. The normalized spacial score (nSPS) is 31.1. The van der Waals surface area contributed by atoms with Crippen molar-refractivity contribution >= 4 is 0 Å². The second-order valence-corrected chi connectivity index (χ2v) is 5.02. The van der Waals surface area contributed by atoms with Gasteiger partial charge >= 0.3 is 0 Å². The molecule has 0 amide bonds. The van der Waals surface area contributed by atoms with Crippen LogP contribution in [0.4, 0.5) is 0 Å². The first-order valence-corrected chi connectivity index (χ1v) is 6.14. The summed E-state index contributed by atoms with van der Waals surface area (Å²) in [7, 11) is 0. The molecule has 0 aromatic heterocycles. The van der Waals surface area contributed by atoms with Crippen molar-refractivity contribution in [3.63, 3.8) is 0 Å². The lowest BCUT2D eigenvalue weighted by Crippen LogP contribution is -2.45. The van der Waals surface area contributed by atoms with E-state index in [4.69, 9.17) is 5.73 Å². The summed E-state index contributed by atoms with van der Waals surface area (Å²) in [4.78, 5) is 0. The lowest BCUT2D eigenvalue weighted by Gasteiger charge is -2.37. The molecule has 0 radical (unpaired) electrons. The van der Waals surface area contributed by atoms with Gasteiger partial charge in [-0.3, -0.25) is 5.32 Å². The minimum absolute atomic E-state index is 0.0525. The molecule has 0 saturated carbocycles. The van der Waals surface area contributed by atoms with Crippen LogP contribution in [0, 0.1) is 0 Å². The molecule has 2 nitrogen and oxygen atoms in total. The summed E-state index contributed by atoms with van der Waals surface area (Å²) in [5.41, 5.74) is 11.5. The summed E-state index contributed by atoms with van der Waals surface area (Å²) in [6.45, 7) is 4.34. The van der Waals surface area contributed by atoms with Gasteiger partial charge in [0.05, 0.1) is 6.17 Å². The van der Waals surface area contributed by atoms with Crippen LogP contribution in [0.25, 0.3) is 0 Å². The van der Waals surface area contributed by atoms with Gasteiger partial charge < -0.3 is 5.73 Å². The van der Waals surface area contributed by atoms with Crippen LogP contribution in [-0.2, 0) is 0 Å². The highest BCUT2D eigenvalue weighted by Gasteiger charge is 2.32. The van der Waals surface area contributed by atoms with Crippen LogP contribution in [0.1, 0.15) is 37.1 Å². The number of fused-ring (bicyclic) bond motifs is 3. The standard InChI is InChI=1S/C15H18N2/c1-9-7-13-11-5-3-4-6-12(11)15(16)17-14(13)8-10(9)2/h3-8,13-15,17H,16H2,1-2H3. The minimum atomic E-state index is -0.0525. The molecule has 1 aliphatic carbocycles. The lowest BCUT2D eigenvalue weighted by molar-refractivity contribution is 0.428. The number of nitrogens with one attached hydrogen (secondary N) is 1. The van der Waals surface area contributed by atoms with E-state index in [9.17, 15) is 0 Å². The molecular formula is C15H18N2. The van der Waals surface area contributed by atoms with E-state index in [2.05, 4.69) is 55.6 Å². The maximum atomic E-state index is 6.17. The summed E-state index contributed by atoms with van der Waals surface area (Å²) < 4.78 is 0. The summed E-state index contributed by atoms with van der Waals surface area (Å²) in [6, 6.07) is 8.82. The molecule has 88 valence electrons. The largest absolute Gasteiger partial charge is 0.312 e. The zero-order valence-electron chi connectivity index (χ0n) is 10.3. The predicted molar refractivity (Wildman–Crippen MR) is 70.5 cm³/mol. The molecule has 2 aliphatic rings. The Labute approximate surface area is 102 Å². The van der Waals surface area contributed by atoms with Crippen molar-refractivity contribution in [2.24, 2.45) is 5.73 Å². The van der Waals surface area contributed by atoms with E-state index in [-0.39, 0.29) is 6.17 Å². The molecular weight excluding hydrogens is 208 g/mol. The molecule has 17 heavy (non-hydrogen) atoms. The van der Waals surface area contributed by atoms with Gasteiger partial charge in [0.25, 0.3) is 0 Å². The third-order valence-electron chi connectivity index (χ3n) is 3.93. The highest BCUT2D eigenvalue weighted by atomic mass is 15.1. The monoisotopic (exact) mass is 226 g/mol. The smallest absolute Gasteiger partial charge is 0.0817 e. The molecule has 0 bridgehead atoms. The Morgan fingerprint density at radius 3 is 2.41 bits per heavy atom. The third kappa shape index (κ3) is 1.65. The van der Waals surface area contributed by atoms with Gasteiger partial charge in [-0.25, -0.2) is 0 Å². The number of allylic oxidation sites excluding steroid dienone is 2. The number of hydrogen-bond donors (Lipinski definition) is 2. The van der Waals surface area contributed by atoms with Gasteiger partial charge in [-0.1, -0.05) is 47.6 Å². The van der Waals surface area contributed by atoms with E-state index in [1.54, 1.807) is 0 Å². The van der Waals surface area contributed by atoms with Crippen LogP contribution < -0.4 is 11.1 Å². The van der Waals surface area contributed by atoms with E-state index in [0.29, 0.717) is 12.0 Å². The molecule has 3 unspecified atom stereocenters. The molecule has 1 aromatic carbocycles. The molecule has 2 heteroatoms. The van der Waals surface area contributed by atoms with Crippen LogP contribution in [0.2, 0.25) is 0 Å². The van der Waals surface area contributed by atoms with Gasteiger partial charge in [0.2, 0.25) is 0 Å². The second kappa shape index (κ2) is 3.83. The summed E-state index contributed by atoms with van der Waals surface area (Å²) >= 11 is 0. The molecule has 3 rings (SSSR count). The molecule has 0 spiro atoms. The molecule has 3 atom stereocenters. The Bertz CT molecular complexity index is 513. The van der Waals surface area contributed by atoms with Gasteiger partial charge in [0, 0.05) is 12.0 Å². The van der Waals surface area contributed by atoms with Gasteiger partial charge in [-0.15, -0.1) is 0 Å². The fraction of sp³-hybridized carbons (Fsp3) is 0.333. The zero-order chi connectivity index (χ0) is 12.0. The Hall–Kier alpha value is -1.38. The Morgan fingerprint density at radius 2 is 1.65 bits per heavy atom. The van der Waals surface area contributed by atoms with E-state index >= 15 is 0 Å². The van der Waals surface area contributed by atoms with Crippen LogP contribution >= 0.6 is 0 Å². The molecule has 0 saturated heterocycles. The average molecular weight is 226 g/mol. The van der Waals surface area contributed by atoms with Crippen LogP contribution in [0.3, 0.4) is 0 Å². The Kier molecular flexibility index (Phi) is 2.42. The van der Waals surface area contributed by atoms with Crippen molar-refractivity contribution in [1.82, 2.24) is 5.32 Å². The summed E-state index contributed by atoms with van der Waals surface area (Å²) in [5.74, 6) is 0.426. The van der Waals surface area contributed by atoms with Crippen LogP contribution in [-0.4, -0.2) is 6.04 Å². The maximum Gasteiger partial charge on any atom is 0.0817 e. The third-order valence-corrected chi connectivity index (χ3v) is 3.93. The van der Waals surface area contributed by atoms with E-state index < -0.39 is 0 Å². The second-order valence-electron chi connectivity index (χ2n) is 5.02. The van der Waals surface area contributed by atoms with Crippen molar-refractivity contribution in [3.05, 3.63) is 58.7 Å². The maximum absolute atomic E-state index is 6.17. The molecule has 1 aromatic rings. The molecule has 3 N–H and O–H groups in total. The van der Waals surface area contributed by atoms with Gasteiger partial charge in [-0.2, -0.15) is 0 Å². The number of rotatable bonds is 0. The first kappa shape index (κ1) is 10.8. The fourth-order valence-corrected chi connectivity index (χ4v) is 2.84. The Balaban J connectivity index is 2.11. The van der Waals surface area contributed by atoms with Crippen LogP contribution in [0.5, 0.6) is 0 Å². The summed E-state index contributed by atoms with van der Waals surface area (Å²) in [5, 5.41) is 3.48. The van der Waals surface area contributed by atoms with Crippen molar-refractivity contribution in [3.8, 4) is 0 Å². The fourth-order valence-electron chi connectivity index (χ4n) is 2.84. The number of hydrogen-bond acceptors (Lipinski definition) is 2. The molecule has 1 aliphatic heterocycles. The molecule has 0 fully saturated rings. The van der Waals surface area contributed by atoms with E-state index in [0.717, 1.165) is 0 Å². The van der Waals surface area contributed by atoms with Crippen molar-refractivity contribution < 1.29 is 0 Å². The minimum Gasteiger partial charge on any atom is -0.312 e. The highest BCUT2D eigenvalue weighted by molar-refractivity contribution is 5.46. The van der Waals surface area contributed by atoms with E-state index in [1.807, 2.05) is 0 Å². The SMILES string of the molecule is CC1=CC2NC(N)c3ccccc3C2C=C1C.